The Morgan fingerprint density at radius 2 is 2.08 bits per heavy atom. The molecule has 0 radical (unpaired) electrons. The van der Waals surface area contributed by atoms with E-state index in [-0.39, 0.29) is 17.8 Å². The number of nitrogen functional groups attached to an aromatic ring is 1. The van der Waals surface area contributed by atoms with E-state index in [1.165, 1.54) is 11.7 Å². The number of hydrogen-bond donors (Lipinski definition) is 1. The van der Waals surface area contributed by atoms with Gasteiger partial charge in [0.1, 0.15) is 5.56 Å². The molecule has 0 amide bonds. The third-order valence-electron chi connectivity index (χ3n) is 3.90. The average molecular weight is 323 g/mol. The number of carbonyl (C=O) groups excluding carboxylic acids is 1. The number of hydrogen-bond acceptors (Lipinski definition) is 5. The SMILES string of the molecule is COC(=O)c1c(N)c2ccc(C)cc2n(Cc2ccccn2)c1=O. The molecule has 0 aliphatic rings. The fourth-order valence-corrected chi connectivity index (χ4v) is 2.70. The Hall–Kier alpha value is -3.15. The highest BCUT2D eigenvalue weighted by molar-refractivity contribution is 6.04. The van der Waals surface area contributed by atoms with Gasteiger partial charge in [-0.1, -0.05) is 18.2 Å². The summed E-state index contributed by atoms with van der Waals surface area (Å²) in [6.45, 7) is 2.17. The number of carbonyl (C=O) groups is 1. The molecule has 0 fully saturated rings. The fourth-order valence-electron chi connectivity index (χ4n) is 2.70. The molecule has 3 aromatic rings. The van der Waals surface area contributed by atoms with Crippen molar-refractivity contribution in [1.29, 1.82) is 0 Å². The molecule has 0 aliphatic carbocycles. The molecule has 0 atom stereocenters. The highest BCUT2D eigenvalue weighted by atomic mass is 16.5. The van der Waals surface area contributed by atoms with Crippen molar-refractivity contribution in [2.24, 2.45) is 0 Å². The number of aryl methyl sites for hydroxylation is 1. The Balaban J connectivity index is 2.34. The first-order chi connectivity index (χ1) is 11.5. The number of fused-ring (bicyclic) bond motifs is 1. The summed E-state index contributed by atoms with van der Waals surface area (Å²) in [6, 6.07) is 11.0. The van der Waals surface area contributed by atoms with Gasteiger partial charge in [-0.2, -0.15) is 0 Å². The summed E-state index contributed by atoms with van der Waals surface area (Å²) in [4.78, 5) is 29.2. The zero-order valence-electron chi connectivity index (χ0n) is 13.4. The van der Waals surface area contributed by atoms with Gasteiger partial charge in [-0.25, -0.2) is 4.79 Å². The van der Waals surface area contributed by atoms with Crippen LogP contribution >= 0.6 is 0 Å². The van der Waals surface area contributed by atoms with E-state index in [1.54, 1.807) is 18.3 Å². The summed E-state index contributed by atoms with van der Waals surface area (Å²) in [7, 11) is 1.23. The van der Waals surface area contributed by atoms with Crippen molar-refractivity contribution in [3.8, 4) is 0 Å². The Morgan fingerprint density at radius 3 is 2.75 bits per heavy atom. The Bertz CT molecular complexity index is 978. The molecule has 122 valence electrons. The van der Waals surface area contributed by atoms with E-state index in [4.69, 9.17) is 10.5 Å². The molecule has 0 spiro atoms. The first-order valence-corrected chi connectivity index (χ1v) is 7.43. The number of aromatic nitrogens is 2. The second kappa shape index (κ2) is 6.16. The predicted octanol–water partition coefficient (Wildman–Crippen LogP) is 2.12. The van der Waals surface area contributed by atoms with Crippen LogP contribution in [0.1, 0.15) is 21.6 Å². The lowest BCUT2D eigenvalue weighted by atomic mass is 10.1. The summed E-state index contributed by atoms with van der Waals surface area (Å²) < 4.78 is 6.24. The quantitative estimate of drug-likeness (QED) is 0.746. The van der Waals surface area contributed by atoms with Gasteiger partial charge < -0.3 is 15.0 Å². The lowest BCUT2D eigenvalue weighted by Gasteiger charge is -2.15. The lowest BCUT2D eigenvalue weighted by molar-refractivity contribution is 0.0599. The van der Waals surface area contributed by atoms with E-state index in [2.05, 4.69) is 4.98 Å². The Morgan fingerprint density at radius 1 is 1.29 bits per heavy atom. The lowest BCUT2D eigenvalue weighted by Crippen LogP contribution is -2.29. The van der Waals surface area contributed by atoms with Crippen LogP contribution in [0.4, 0.5) is 5.69 Å². The summed E-state index contributed by atoms with van der Waals surface area (Å²) in [5, 5.41) is 0.636. The van der Waals surface area contributed by atoms with Gasteiger partial charge in [0.15, 0.2) is 0 Å². The van der Waals surface area contributed by atoms with Crippen LogP contribution < -0.4 is 11.3 Å². The maximum absolute atomic E-state index is 12.9. The number of ether oxygens (including phenoxy) is 1. The minimum absolute atomic E-state index is 0.138. The van der Waals surface area contributed by atoms with Gasteiger partial charge >= 0.3 is 5.97 Å². The van der Waals surface area contributed by atoms with E-state index < -0.39 is 11.5 Å². The summed E-state index contributed by atoms with van der Waals surface area (Å²) >= 11 is 0. The zero-order chi connectivity index (χ0) is 17.3. The molecule has 24 heavy (non-hydrogen) atoms. The number of nitrogens with zero attached hydrogens (tertiary/aromatic N) is 2. The van der Waals surface area contributed by atoms with E-state index in [0.29, 0.717) is 16.6 Å². The third kappa shape index (κ3) is 2.62. The second-order valence-corrected chi connectivity index (χ2v) is 5.51. The highest BCUT2D eigenvalue weighted by Gasteiger charge is 2.21. The van der Waals surface area contributed by atoms with Crippen LogP contribution in [0.15, 0.2) is 47.4 Å². The number of methoxy groups -OCH3 is 1. The summed E-state index contributed by atoms with van der Waals surface area (Å²) in [6.07, 6.45) is 1.66. The van der Waals surface area contributed by atoms with Crippen LogP contribution in [-0.2, 0) is 11.3 Å². The zero-order valence-corrected chi connectivity index (χ0v) is 13.4. The van der Waals surface area contributed by atoms with E-state index in [0.717, 1.165) is 5.56 Å². The van der Waals surface area contributed by atoms with Gasteiger partial charge in [-0.3, -0.25) is 9.78 Å². The van der Waals surface area contributed by atoms with Gasteiger partial charge in [0.05, 0.1) is 30.6 Å². The van der Waals surface area contributed by atoms with Crippen LogP contribution in [0.2, 0.25) is 0 Å². The molecule has 0 saturated heterocycles. The largest absolute Gasteiger partial charge is 0.465 e. The fraction of sp³-hybridized carbons (Fsp3) is 0.167. The maximum atomic E-state index is 12.9. The van der Waals surface area contributed by atoms with Crippen molar-refractivity contribution < 1.29 is 9.53 Å². The molecule has 6 nitrogen and oxygen atoms in total. The van der Waals surface area contributed by atoms with Crippen molar-refractivity contribution in [2.75, 3.05) is 12.8 Å². The van der Waals surface area contributed by atoms with Crippen LogP contribution in [0.5, 0.6) is 0 Å². The third-order valence-corrected chi connectivity index (χ3v) is 3.90. The van der Waals surface area contributed by atoms with E-state index >= 15 is 0 Å². The normalized spacial score (nSPS) is 10.8. The topological polar surface area (TPSA) is 87.2 Å². The molecule has 0 unspecified atom stereocenters. The number of rotatable bonds is 3. The number of benzene rings is 1. The number of nitrogens with two attached hydrogens (primary N) is 1. The van der Waals surface area contributed by atoms with Crippen molar-refractivity contribution in [3.63, 3.8) is 0 Å². The summed E-state index contributed by atoms with van der Waals surface area (Å²) in [5.41, 5.74) is 7.95. The van der Waals surface area contributed by atoms with Crippen molar-refractivity contribution >= 4 is 22.6 Å². The van der Waals surface area contributed by atoms with Gasteiger partial charge in [-0.15, -0.1) is 0 Å². The summed E-state index contributed by atoms with van der Waals surface area (Å²) in [5.74, 6) is -0.741. The smallest absolute Gasteiger partial charge is 0.345 e. The van der Waals surface area contributed by atoms with E-state index in [1.807, 2.05) is 31.2 Å². The van der Waals surface area contributed by atoms with Crippen molar-refractivity contribution in [1.82, 2.24) is 9.55 Å². The molecule has 2 N–H and O–H groups in total. The molecule has 0 bridgehead atoms. The van der Waals surface area contributed by atoms with Crippen LogP contribution in [0.3, 0.4) is 0 Å². The van der Waals surface area contributed by atoms with Gasteiger partial charge in [0.2, 0.25) is 0 Å². The molecular formula is C18H17N3O3. The first kappa shape index (κ1) is 15.7. The molecule has 0 aliphatic heterocycles. The van der Waals surface area contributed by atoms with Crippen LogP contribution in [0, 0.1) is 6.92 Å². The maximum Gasteiger partial charge on any atom is 0.345 e. The van der Waals surface area contributed by atoms with Crippen molar-refractivity contribution in [2.45, 2.75) is 13.5 Å². The average Bonchev–Trinajstić information content (AvgIpc) is 2.59. The number of anilines is 1. The molecule has 3 rings (SSSR count). The molecule has 1 aromatic carbocycles. The standard InChI is InChI=1S/C18H17N3O3/c1-11-6-7-13-14(9-11)21(10-12-5-3-4-8-20-12)17(22)15(16(13)19)18(23)24-2/h3-9H,10,19H2,1-2H3. The van der Waals surface area contributed by atoms with Crippen LogP contribution in [0.25, 0.3) is 10.9 Å². The highest BCUT2D eigenvalue weighted by Crippen LogP contribution is 2.24. The molecule has 6 heteroatoms. The molecular weight excluding hydrogens is 306 g/mol. The van der Waals surface area contributed by atoms with Gasteiger partial charge in [0.25, 0.3) is 5.56 Å². The second-order valence-electron chi connectivity index (χ2n) is 5.51. The van der Waals surface area contributed by atoms with Gasteiger partial charge in [0, 0.05) is 11.6 Å². The minimum Gasteiger partial charge on any atom is -0.465 e. The first-order valence-electron chi connectivity index (χ1n) is 7.43. The monoisotopic (exact) mass is 323 g/mol. The van der Waals surface area contributed by atoms with Crippen LogP contribution in [-0.4, -0.2) is 22.6 Å². The Kier molecular flexibility index (Phi) is 4.04. The number of pyridine rings is 2. The minimum atomic E-state index is -0.741. The Labute approximate surface area is 138 Å². The molecule has 2 aromatic heterocycles. The predicted molar refractivity (Wildman–Crippen MR) is 92.0 cm³/mol. The molecule has 2 heterocycles. The van der Waals surface area contributed by atoms with E-state index in [9.17, 15) is 9.59 Å². The van der Waals surface area contributed by atoms with Gasteiger partial charge in [-0.05, 0) is 30.7 Å². The number of esters is 1. The molecule has 0 saturated carbocycles. The van der Waals surface area contributed by atoms with Crippen molar-refractivity contribution in [3.05, 3.63) is 69.8 Å².